The quantitative estimate of drug-likeness (QED) is 0.0854. The first-order valence-electron chi connectivity index (χ1n) is 21.0. The predicted octanol–water partition coefficient (Wildman–Crippen LogP) is 6.51. The molecule has 3 aliphatic rings. The minimum atomic E-state index is -2.03. The average Bonchev–Trinajstić information content (AvgIpc) is 3.48. The summed E-state index contributed by atoms with van der Waals surface area (Å²) in [5, 5.41) is 51.4. The first-order chi connectivity index (χ1) is 28.7. The molecule has 2 aromatic carbocycles. The number of hydrogen-bond donors (Lipinski definition) is 6. The molecule has 3 aliphatic heterocycles. The van der Waals surface area contributed by atoms with Gasteiger partial charge in [0, 0.05) is 73.3 Å². The summed E-state index contributed by atoms with van der Waals surface area (Å²) in [4.78, 5) is 53.6. The lowest BCUT2D eigenvalue weighted by Gasteiger charge is -2.38. The first kappa shape index (κ1) is 48.5. The van der Waals surface area contributed by atoms with Gasteiger partial charge in [0.25, 0.3) is 17.6 Å². The lowest BCUT2D eigenvalue weighted by Crippen LogP contribution is -2.46. The molecule has 2 amide bonds. The molecule has 0 aromatic heterocycles. The summed E-state index contributed by atoms with van der Waals surface area (Å²) in [5.41, 5.74) is -0.0130. The van der Waals surface area contributed by atoms with Gasteiger partial charge in [0.2, 0.25) is 0 Å². The van der Waals surface area contributed by atoms with E-state index in [1.807, 2.05) is 6.92 Å². The number of allylic oxidation sites excluding steroid dienone is 2. The molecule has 0 aliphatic carbocycles. The molecule has 3 heterocycles. The Hall–Kier alpha value is -5.12. The Balaban J connectivity index is 1.89. The Morgan fingerprint density at radius 1 is 0.984 bits per heavy atom. The van der Waals surface area contributed by atoms with Crippen LogP contribution in [0.1, 0.15) is 104 Å². The Morgan fingerprint density at radius 3 is 2.31 bits per heavy atom. The molecule has 10 atom stereocenters. The number of rotatable bonds is 10. The van der Waals surface area contributed by atoms with Crippen molar-refractivity contribution in [1.82, 2.24) is 5.32 Å². The van der Waals surface area contributed by atoms with Gasteiger partial charge in [-0.05, 0) is 33.3 Å². The molecule has 15 nitrogen and oxygen atoms in total. The number of phenolic OH excluding ortho intramolecular Hbond substituents is 2. The largest absolute Gasteiger partial charge is 0.507 e. The zero-order valence-corrected chi connectivity index (χ0v) is 37.2. The number of benzene rings is 2. The normalized spacial score (nSPS) is 29.8. The molecule has 15 heteroatoms. The second-order valence-electron chi connectivity index (χ2n) is 16.7. The third-order valence-electron chi connectivity index (χ3n) is 11.8. The summed E-state index contributed by atoms with van der Waals surface area (Å²) >= 11 is 0. The van der Waals surface area contributed by atoms with E-state index in [1.54, 1.807) is 39.8 Å². The van der Waals surface area contributed by atoms with E-state index in [-0.39, 0.29) is 50.7 Å². The van der Waals surface area contributed by atoms with Gasteiger partial charge in [-0.15, -0.1) is 0 Å². The number of aliphatic hydroxyl groups is 2. The number of carbonyl (C=O) groups is 4. The van der Waals surface area contributed by atoms with Gasteiger partial charge >= 0.3 is 11.8 Å². The predicted molar refractivity (Wildman–Crippen MR) is 229 cm³/mol. The van der Waals surface area contributed by atoms with Crippen LogP contribution in [0.2, 0.25) is 0 Å². The number of Topliss-reactive ketones (excluding diaryl/α,β-unsaturated/α-hetero) is 1. The molecule has 0 saturated carbocycles. The van der Waals surface area contributed by atoms with Crippen molar-refractivity contribution < 1.29 is 63.3 Å². The van der Waals surface area contributed by atoms with E-state index in [0.717, 1.165) is 25.7 Å². The number of aliphatic hydroxyl groups excluding tert-OH is 2. The van der Waals surface area contributed by atoms with Crippen LogP contribution in [0.3, 0.4) is 0 Å². The third kappa shape index (κ3) is 10.9. The van der Waals surface area contributed by atoms with Crippen molar-refractivity contribution in [2.75, 3.05) is 19.0 Å². The fourth-order valence-electron chi connectivity index (χ4n) is 7.98. The molecule has 336 valence electrons. The summed E-state index contributed by atoms with van der Waals surface area (Å²) < 4.78 is 29.8. The number of phenols is 2. The van der Waals surface area contributed by atoms with E-state index in [1.165, 1.54) is 59.3 Å². The highest BCUT2D eigenvalue weighted by molar-refractivity contribution is 6.21. The molecule has 2 aromatic rings. The Labute approximate surface area is 358 Å². The maximum atomic E-state index is 14.5. The van der Waals surface area contributed by atoms with E-state index in [2.05, 4.69) is 17.6 Å². The number of ketones is 1. The molecular weight excluding hydrogens is 789 g/mol. The van der Waals surface area contributed by atoms with Crippen LogP contribution in [0.15, 0.2) is 42.2 Å². The summed E-state index contributed by atoms with van der Waals surface area (Å²) in [6.07, 6.45) is 7.34. The minimum absolute atomic E-state index is 0.0584. The number of anilines is 1. The first-order valence-corrected chi connectivity index (χ1v) is 21.0. The number of methoxy groups -OCH3 is 1. The van der Waals surface area contributed by atoms with Crippen LogP contribution in [0.4, 0.5) is 5.69 Å². The highest BCUT2D eigenvalue weighted by atomic mass is 16.7. The maximum absolute atomic E-state index is 14.5. The van der Waals surface area contributed by atoms with Gasteiger partial charge in [-0.3, -0.25) is 19.2 Å². The van der Waals surface area contributed by atoms with Crippen LogP contribution in [-0.4, -0.2) is 94.0 Å². The molecule has 0 radical (unpaired) electrons. The third-order valence-corrected chi connectivity index (χ3v) is 11.8. The van der Waals surface area contributed by atoms with Crippen molar-refractivity contribution in [2.45, 2.75) is 131 Å². The molecule has 61 heavy (non-hydrogen) atoms. The van der Waals surface area contributed by atoms with Crippen molar-refractivity contribution in [2.24, 2.45) is 23.7 Å². The smallest absolute Gasteiger partial charge is 0.312 e. The molecule has 0 saturated heterocycles. The number of ether oxygens (including phenoxy) is 5. The molecule has 6 N–H and O–H groups in total. The Bertz CT molecular complexity index is 2040. The van der Waals surface area contributed by atoms with Crippen LogP contribution in [0, 0.1) is 30.6 Å². The summed E-state index contributed by atoms with van der Waals surface area (Å²) in [6.45, 7) is 16.0. The van der Waals surface area contributed by atoms with Crippen LogP contribution in [-0.2, 0) is 28.6 Å². The average molecular weight is 853 g/mol. The van der Waals surface area contributed by atoms with Gasteiger partial charge in [0.1, 0.15) is 23.4 Å². The van der Waals surface area contributed by atoms with Crippen molar-refractivity contribution >= 4 is 40.0 Å². The molecule has 5 bridgehead atoms. The van der Waals surface area contributed by atoms with Crippen LogP contribution in [0.25, 0.3) is 10.8 Å². The molecule has 5 rings (SSSR count). The number of carbonyl (C=O) groups excluding carboxylic acids is 4. The van der Waals surface area contributed by atoms with E-state index in [4.69, 9.17) is 23.7 Å². The maximum Gasteiger partial charge on any atom is 0.312 e. The van der Waals surface area contributed by atoms with Crippen LogP contribution in [0.5, 0.6) is 23.0 Å². The topological polar surface area (TPSA) is 219 Å². The SMILES string of the molecule is CCCCCC(C)NC(=O)COc1cc2c(O)c3c(O)c(C)c4c(c13)C(=O)[C@@](C)(O/C=C/[C@H](OC)[C@@H](C)[C@@H](OC(C)=O)[C@H](C)[C@H](O)[C@H](C)[C@@H](O)[C@@H](C)/C=C/C=C(/C)C(=O)N2)O4. The Morgan fingerprint density at radius 2 is 1.67 bits per heavy atom. The number of nitrogens with one attached hydrogen (secondary N) is 2. The van der Waals surface area contributed by atoms with E-state index < -0.39 is 95.5 Å². The van der Waals surface area contributed by atoms with E-state index in [0.29, 0.717) is 0 Å². The summed E-state index contributed by atoms with van der Waals surface area (Å²) in [5.74, 6) is -8.12. The summed E-state index contributed by atoms with van der Waals surface area (Å²) in [7, 11) is 1.44. The number of esters is 1. The van der Waals surface area contributed by atoms with Crippen molar-refractivity contribution in [3.8, 4) is 23.0 Å². The minimum Gasteiger partial charge on any atom is -0.507 e. The van der Waals surface area contributed by atoms with Gasteiger partial charge in [-0.25, -0.2) is 0 Å². The fraction of sp³-hybridized carbons (Fsp3) is 0.565. The molecule has 1 unspecified atom stereocenters. The van der Waals surface area contributed by atoms with E-state index >= 15 is 0 Å². The van der Waals surface area contributed by atoms with Crippen LogP contribution < -0.4 is 20.1 Å². The number of amides is 2. The molecule has 0 fully saturated rings. The lowest BCUT2D eigenvalue weighted by molar-refractivity contribution is -0.160. The highest BCUT2D eigenvalue weighted by Gasteiger charge is 2.49. The number of unbranched alkanes of at least 4 members (excludes halogenated alkanes) is 2. The van der Waals surface area contributed by atoms with Gasteiger partial charge in [-0.2, -0.15) is 0 Å². The second kappa shape index (κ2) is 20.6. The zero-order chi connectivity index (χ0) is 45.5. The fourth-order valence-corrected chi connectivity index (χ4v) is 7.98. The molecular formula is C46H64N2O13. The van der Waals surface area contributed by atoms with Crippen molar-refractivity contribution in [3.05, 3.63) is 53.3 Å². The zero-order valence-electron chi connectivity index (χ0n) is 37.2. The van der Waals surface area contributed by atoms with Gasteiger partial charge in [-0.1, -0.05) is 72.1 Å². The van der Waals surface area contributed by atoms with Crippen molar-refractivity contribution in [3.63, 3.8) is 0 Å². The van der Waals surface area contributed by atoms with Gasteiger partial charge in [0.05, 0.1) is 41.2 Å². The van der Waals surface area contributed by atoms with Gasteiger partial charge < -0.3 is 54.7 Å². The monoisotopic (exact) mass is 852 g/mol. The second-order valence-corrected chi connectivity index (χ2v) is 16.7. The number of aromatic hydroxyl groups is 2. The van der Waals surface area contributed by atoms with Gasteiger partial charge in [0.15, 0.2) is 12.4 Å². The standard InChI is InChI=1S/C46H64N2O13/c1-12-13-14-18-25(4)47-34(50)22-58-33-21-31-41(54)36-35(33)37-43(29(8)40(36)53)61-46(10,44(37)55)59-20-19-32(57-11)26(5)42(60-30(9)49)28(7)39(52)27(6)38(51)23(2)16-15-17-24(3)45(56)48-31/h15-17,19-21,23,25-28,32,38-39,42,51-54H,12-14,18,22H2,1-11H3,(H,47,50)(H,48,56)/b16-15+,20-19+,24-17-/t23-,25?,26+,27+,28+,32-,38-,39+,42+,46-/m0/s1. The molecule has 0 spiro atoms. The number of hydrogen-bond acceptors (Lipinski definition) is 13. The van der Waals surface area contributed by atoms with Crippen LogP contribution >= 0.6 is 0 Å². The number of fused-ring (bicyclic) bond motifs is 14. The lowest BCUT2D eigenvalue weighted by atomic mass is 9.78. The Kier molecular flexibility index (Phi) is 16.4. The highest BCUT2D eigenvalue weighted by Crippen LogP contribution is 2.54. The van der Waals surface area contributed by atoms with E-state index in [9.17, 15) is 39.6 Å². The van der Waals surface area contributed by atoms with Crippen molar-refractivity contribution in [1.29, 1.82) is 0 Å². The summed E-state index contributed by atoms with van der Waals surface area (Å²) in [6, 6.07) is 1.12.